The quantitative estimate of drug-likeness (QED) is 0.737. The van der Waals surface area contributed by atoms with Crippen molar-refractivity contribution < 1.29 is 19.1 Å². The third-order valence-corrected chi connectivity index (χ3v) is 2.71. The fraction of sp³-hybridized carbons (Fsp3) is 0.333. The Balaban J connectivity index is 2.44. The minimum Gasteiger partial charge on any atom is -0.452 e. The van der Waals surface area contributed by atoms with E-state index in [1.54, 1.807) is 6.92 Å². The smallest absolute Gasteiger partial charge is 0.338 e. The summed E-state index contributed by atoms with van der Waals surface area (Å²) >= 11 is 0. The van der Waals surface area contributed by atoms with Crippen LogP contribution in [-0.2, 0) is 14.3 Å². The lowest BCUT2D eigenvalue weighted by molar-refractivity contribution is -0.130. The number of hydrogen-bond acceptors (Lipinski definition) is 5. The summed E-state index contributed by atoms with van der Waals surface area (Å²) < 4.78 is 4.84. The molecule has 2 N–H and O–H groups in total. The van der Waals surface area contributed by atoms with E-state index in [0.717, 1.165) is 0 Å². The van der Waals surface area contributed by atoms with Crippen molar-refractivity contribution in [2.45, 2.75) is 19.9 Å². The molecule has 1 aromatic rings. The lowest BCUT2D eigenvalue weighted by Crippen LogP contribution is -2.46. The minimum absolute atomic E-state index is 0.239. The van der Waals surface area contributed by atoms with Gasteiger partial charge in [0, 0.05) is 6.54 Å². The van der Waals surface area contributed by atoms with E-state index >= 15 is 0 Å². The zero-order chi connectivity index (χ0) is 16.5. The SMILES string of the molecule is CCNC(=O)[C@H](C)NC(=O)COC(=O)c1ccc(C#N)cc1. The van der Waals surface area contributed by atoms with E-state index in [1.165, 1.54) is 31.2 Å². The fourth-order valence-electron chi connectivity index (χ4n) is 1.57. The average molecular weight is 303 g/mol. The van der Waals surface area contributed by atoms with E-state index in [4.69, 9.17) is 10.00 Å². The summed E-state index contributed by atoms with van der Waals surface area (Å²) in [5.41, 5.74) is 0.661. The van der Waals surface area contributed by atoms with Crippen LogP contribution in [0.25, 0.3) is 0 Å². The Kier molecular flexibility index (Phi) is 6.57. The van der Waals surface area contributed by atoms with Crippen LogP contribution in [-0.4, -0.2) is 37.0 Å². The highest BCUT2D eigenvalue weighted by molar-refractivity contribution is 5.92. The Morgan fingerprint density at radius 2 is 1.91 bits per heavy atom. The summed E-state index contributed by atoms with van der Waals surface area (Å²) in [5.74, 6) is -1.56. The van der Waals surface area contributed by atoms with E-state index in [0.29, 0.717) is 12.1 Å². The number of rotatable bonds is 6. The summed E-state index contributed by atoms with van der Waals surface area (Å²) in [7, 11) is 0. The van der Waals surface area contributed by atoms with Crippen molar-refractivity contribution in [1.82, 2.24) is 10.6 Å². The van der Waals surface area contributed by atoms with Gasteiger partial charge in [0.05, 0.1) is 17.2 Å². The van der Waals surface area contributed by atoms with Crippen LogP contribution in [0.15, 0.2) is 24.3 Å². The summed E-state index contributed by atoms with van der Waals surface area (Å²) in [6.45, 7) is 3.28. The molecule has 0 heterocycles. The maximum absolute atomic E-state index is 11.7. The second-order valence-electron chi connectivity index (χ2n) is 4.45. The first-order valence-corrected chi connectivity index (χ1v) is 6.72. The van der Waals surface area contributed by atoms with Gasteiger partial charge < -0.3 is 15.4 Å². The maximum atomic E-state index is 11.7. The average Bonchev–Trinajstić information content (AvgIpc) is 2.52. The van der Waals surface area contributed by atoms with Crippen LogP contribution in [0.2, 0.25) is 0 Å². The molecule has 1 rings (SSSR count). The number of likely N-dealkylation sites (N-methyl/N-ethyl adjacent to an activating group) is 1. The molecular weight excluding hydrogens is 286 g/mol. The van der Waals surface area contributed by atoms with Crippen LogP contribution in [0.5, 0.6) is 0 Å². The second-order valence-corrected chi connectivity index (χ2v) is 4.45. The number of nitrogens with one attached hydrogen (secondary N) is 2. The molecule has 1 aromatic carbocycles. The van der Waals surface area contributed by atoms with E-state index in [9.17, 15) is 14.4 Å². The molecule has 0 saturated heterocycles. The molecule has 0 aliphatic heterocycles. The fourth-order valence-corrected chi connectivity index (χ4v) is 1.57. The van der Waals surface area contributed by atoms with E-state index in [-0.39, 0.29) is 11.5 Å². The zero-order valence-corrected chi connectivity index (χ0v) is 12.4. The number of benzene rings is 1. The second kappa shape index (κ2) is 8.42. The van der Waals surface area contributed by atoms with Crippen LogP contribution in [0.4, 0.5) is 0 Å². The zero-order valence-electron chi connectivity index (χ0n) is 12.4. The molecule has 0 bridgehead atoms. The molecule has 0 saturated carbocycles. The van der Waals surface area contributed by atoms with Crippen molar-refractivity contribution >= 4 is 17.8 Å². The topological polar surface area (TPSA) is 108 Å². The maximum Gasteiger partial charge on any atom is 0.338 e. The molecule has 7 nitrogen and oxygen atoms in total. The molecule has 0 spiro atoms. The van der Waals surface area contributed by atoms with Gasteiger partial charge >= 0.3 is 5.97 Å². The van der Waals surface area contributed by atoms with E-state index < -0.39 is 24.5 Å². The highest BCUT2D eigenvalue weighted by Crippen LogP contribution is 2.04. The molecule has 0 aliphatic rings. The number of hydrogen-bond donors (Lipinski definition) is 2. The van der Waals surface area contributed by atoms with Gasteiger partial charge in [-0.15, -0.1) is 0 Å². The van der Waals surface area contributed by atoms with Gasteiger partial charge in [-0.05, 0) is 38.1 Å². The third-order valence-electron chi connectivity index (χ3n) is 2.71. The Bertz CT molecular complexity index is 590. The van der Waals surface area contributed by atoms with Crippen molar-refractivity contribution in [3.8, 4) is 6.07 Å². The number of nitrogens with zero attached hydrogens (tertiary/aromatic N) is 1. The summed E-state index contributed by atoms with van der Waals surface area (Å²) in [6, 6.07) is 7.07. The Hall–Kier alpha value is -2.88. The van der Waals surface area contributed by atoms with E-state index in [1.807, 2.05) is 6.07 Å². The molecule has 0 fully saturated rings. The first-order chi connectivity index (χ1) is 10.5. The minimum atomic E-state index is -0.707. The van der Waals surface area contributed by atoms with Crippen LogP contribution in [0.3, 0.4) is 0 Å². The highest BCUT2D eigenvalue weighted by atomic mass is 16.5. The highest BCUT2D eigenvalue weighted by Gasteiger charge is 2.16. The number of esters is 1. The van der Waals surface area contributed by atoms with Crippen molar-refractivity contribution in [2.75, 3.05) is 13.2 Å². The molecule has 0 radical (unpaired) electrons. The predicted octanol–water partition coefficient (Wildman–Crippen LogP) is 0.356. The Morgan fingerprint density at radius 1 is 1.27 bits per heavy atom. The van der Waals surface area contributed by atoms with Crippen LogP contribution >= 0.6 is 0 Å². The molecule has 0 aliphatic carbocycles. The van der Waals surface area contributed by atoms with Crippen molar-refractivity contribution in [3.05, 3.63) is 35.4 Å². The van der Waals surface area contributed by atoms with Gasteiger partial charge in [-0.25, -0.2) is 4.79 Å². The first-order valence-electron chi connectivity index (χ1n) is 6.72. The van der Waals surface area contributed by atoms with Gasteiger partial charge in [0.15, 0.2) is 6.61 Å². The molecule has 0 unspecified atom stereocenters. The third kappa shape index (κ3) is 5.25. The van der Waals surface area contributed by atoms with Crippen molar-refractivity contribution in [2.24, 2.45) is 0 Å². The van der Waals surface area contributed by atoms with Crippen LogP contribution in [0.1, 0.15) is 29.8 Å². The number of ether oxygens (including phenoxy) is 1. The van der Waals surface area contributed by atoms with Gasteiger partial charge in [-0.1, -0.05) is 0 Å². The molecule has 0 aromatic heterocycles. The normalized spacial score (nSPS) is 11.0. The van der Waals surface area contributed by atoms with Gasteiger partial charge in [0.2, 0.25) is 5.91 Å². The summed E-state index contributed by atoms with van der Waals surface area (Å²) in [4.78, 5) is 34.7. The monoisotopic (exact) mass is 303 g/mol. The molecule has 2 amide bonds. The largest absolute Gasteiger partial charge is 0.452 e. The Morgan fingerprint density at radius 3 is 2.45 bits per heavy atom. The number of carbonyl (C=O) groups is 3. The lowest BCUT2D eigenvalue weighted by atomic mass is 10.1. The van der Waals surface area contributed by atoms with Gasteiger partial charge in [-0.2, -0.15) is 5.26 Å². The summed E-state index contributed by atoms with van der Waals surface area (Å²) in [5, 5.41) is 13.6. The molecule has 22 heavy (non-hydrogen) atoms. The molecule has 7 heteroatoms. The van der Waals surface area contributed by atoms with Crippen LogP contribution < -0.4 is 10.6 Å². The number of carbonyl (C=O) groups excluding carboxylic acids is 3. The van der Waals surface area contributed by atoms with Gasteiger partial charge in [0.1, 0.15) is 6.04 Å². The van der Waals surface area contributed by atoms with Gasteiger partial charge in [-0.3, -0.25) is 9.59 Å². The summed E-state index contributed by atoms with van der Waals surface area (Å²) in [6.07, 6.45) is 0. The van der Waals surface area contributed by atoms with Crippen LogP contribution in [0, 0.1) is 11.3 Å². The first kappa shape index (κ1) is 17.2. The Labute approximate surface area is 128 Å². The van der Waals surface area contributed by atoms with Crippen molar-refractivity contribution in [1.29, 1.82) is 5.26 Å². The number of amides is 2. The predicted molar refractivity (Wildman–Crippen MR) is 77.7 cm³/mol. The van der Waals surface area contributed by atoms with Crippen molar-refractivity contribution in [3.63, 3.8) is 0 Å². The van der Waals surface area contributed by atoms with Gasteiger partial charge in [0.25, 0.3) is 5.91 Å². The lowest BCUT2D eigenvalue weighted by Gasteiger charge is -2.13. The molecule has 116 valence electrons. The number of nitriles is 1. The molecular formula is C15H17N3O4. The molecule has 1 atom stereocenters. The standard InChI is InChI=1S/C15H17N3O4/c1-3-17-14(20)10(2)18-13(19)9-22-15(21)12-6-4-11(8-16)5-7-12/h4-7,10H,3,9H2,1-2H3,(H,17,20)(H,18,19)/t10-/m0/s1. The van der Waals surface area contributed by atoms with E-state index in [2.05, 4.69) is 10.6 Å².